The Balaban J connectivity index is 2.68. The maximum Gasteiger partial charge on any atom is 0.128 e. The highest BCUT2D eigenvalue weighted by Crippen LogP contribution is 2.21. The van der Waals surface area contributed by atoms with Crippen molar-refractivity contribution in [2.45, 2.75) is 6.04 Å². The zero-order chi connectivity index (χ0) is 12.8. The Kier molecular flexibility index (Phi) is 6.05. The standard InChI is InChI=1S/C12H19BrFN3/c1-17(2)6-5-16-12(8-15)10-7-9(13)3-4-11(10)14/h3-4,7,12,16H,5-6,8,15H2,1-2H3. The molecule has 0 fully saturated rings. The molecule has 0 amide bonds. The molecule has 3 nitrogen and oxygen atoms in total. The van der Waals surface area contributed by atoms with E-state index in [0.717, 1.165) is 17.6 Å². The largest absolute Gasteiger partial charge is 0.329 e. The summed E-state index contributed by atoms with van der Waals surface area (Å²) in [6.07, 6.45) is 0. The topological polar surface area (TPSA) is 41.3 Å². The van der Waals surface area contributed by atoms with Gasteiger partial charge < -0.3 is 16.0 Å². The average Bonchev–Trinajstić information content (AvgIpc) is 2.28. The van der Waals surface area contributed by atoms with E-state index in [1.165, 1.54) is 6.07 Å². The van der Waals surface area contributed by atoms with Gasteiger partial charge in [-0.15, -0.1) is 0 Å². The molecule has 0 aliphatic heterocycles. The molecule has 0 saturated heterocycles. The number of nitrogens with one attached hydrogen (secondary N) is 1. The molecule has 0 saturated carbocycles. The molecule has 3 N–H and O–H groups in total. The number of rotatable bonds is 6. The van der Waals surface area contributed by atoms with Crippen LogP contribution in [0.15, 0.2) is 22.7 Å². The number of likely N-dealkylation sites (N-methyl/N-ethyl adjacent to an activating group) is 1. The van der Waals surface area contributed by atoms with E-state index in [1.54, 1.807) is 12.1 Å². The van der Waals surface area contributed by atoms with Crippen LogP contribution in [0.3, 0.4) is 0 Å². The Morgan fingerprint density at radius 3 is 2.76 bits per heavy atom. The summed E-state index contributed by atoms with van der Waals surface area (Å²) < 4.78 is 14.5. The molecule has 0 aliphatic rings. The van der Waals surface area contributed by atoms with Crippen molar-refractivity contribution in [1.82, 2.24) is 10.2 Å². The third kappa shape index (κ3) is 4.71. The lowest BCUT2D eigenvalue weighted by atomic mass is 10.1. The highest BCUT2D eigenvalue weighted by molar-refractivity contribution is 9.10. The quantitative estimate of drug-likeness (QED) is 0.841. The maximum atomic E-state index is 13.7. The van der Waals surface area contributed by atoms with Crippen LogP contribution in [0, 0.1) is 5.82 Å². The van der Waals surface area contributed by atoms with Crippen molar-refractivity contribution < 1.29 is 4.39 Å². The highest BCUT2D eigenvalue weighted by Gasteiger charge is 2.13. The van der Waals surface area contributed by atoms with E-state index in [0.29, 0.717) is 12.1 Å². The molecule has 1 rings (SSSR count). The molecule has 1 aromatic carbocycles. The lowest BCUT2D eigenvalue weighted by molar-refractivity contribution is 0.383. The van der Waals surface area contributed by atoms with Crippen LogP contribution in [0.4, 0.5) is 4.39 Å². The minimum atomic E-state index is -0.221. The minimum Gasteiger partial charge on any atom is -0.329 e. The Labute approximate surface area is 110 Å². The van der Waals surface area contributed by atoms with Crippen LogP contribution in [-0.2, 0) is 0 Å². The second-order valence-corrected chi connectivity index (χ2v) is 5.13. The predicted molar refractivity (Wildman–Crippen MR) is 72.5 cm³/mol. The van der Waals surface area contributed by atoms with E-state index in [4.69, 9.17) is 5.73 Å². The maximum absolute atomic E-state index is 13.7. The van der Waals surface area contributed by atoms with Crippen LogP contribution < -0.4 is 11.1 Å². The Hall–Kier alpha value is -0.490. The van der Waals surface area contributed by atoms with E-state index in [-0.39, 0.29) is 11.9 Å². The molecule has 1 aromatic rings. The SMILES string of the molecule is CN(C)CCNC(CN)c1cc(Br)ccc1F. The fourth-order valence-corrected chi connectivity index (χ4v) is 1.94. The molecule has 0 spiro atoms. The van der Waals surface area contributed by atoms with Crippen molar-refractivity contribution in [3.8, 4) is 0 Å². The van der Waals surface area contributed by atoms with Gasteiger partial charge in [-0.3, -0.25) is 0 Å². The molecule has 96 valence electrons. The van der Waals surface area contributed by atoms with Gasteiger partial charge in [0.25, 0.3) is 0 Å². The molecule has 0 radical (unpaired) electrons. The average molecular weight is 304 g/mol. The lowest BCUT2D eigenvalue weighted by Gasteiger charge is -2.19. The van der Waals surface area contributed by atoms with Crippen molar-refractivity contribution in [1.29, 1.82) is 0 Å². The molecule has 1 atom stereocenters. The number of halogens is 2. The predicted octanol–water partition coefficient (Wildman–Crippen LogP) is 1.74. The van der Waals surface area contributed by atoms with E-state index >= 15 is 0 Å². The van der Waals surface area contributed by atoms with Gasteiger partial charge in [-0.05, 0) is 32.3 Å². The van der Waals surface area contributed by atoms with Crippen molar-refractivity contribution >= 4 is 15.9 Å². The molecule has 17 heavy (non-hydrogen) atoms. The van der Waals surface area contributed by atoms with E-state index in [2.05, 4.69) is 26.1 Å². The fourth-order valence-electron chi connectivity index (χ4n) is 1.56. The van der Waals surface area contributed by atoms with Gasteiger partial charge in [-0.2, -0.15) is 0 Å². The Morgan fingerprint density at radius 1 is 1.47 bits per heavy atom. The first-order valence-corrected chi connectivity index (χ1v) is 6.37. The molecule has 0 bridgehead atoms. The lowest BCUT2D eigenvalue weighted by Crippen LogP contribution is -2.34. The highest BCUT2D eigenvalue weighted by atomic mass is 79.9. The van der Waals surface area contributed by atoms with E-state index in [9.17, 15) is 4.39 Å². The van der Waals surface area contributed by atoms with Gasteiger partial charge in [-0.1, -0.05) is 15.9 Å². The summed E-state index contributed by atoms with van der Waals surface area (Å²) in [6, 6.07) is 4.77. The van der Waals surface area contributed by atoms with Gasteiger partial charge in [0.1, 0.15) is 5.82 Å². The van der Waals surface area contributed by atoms with Crippen LogP contribution in [0.2, 0.25) is 0 Å². The minimum absolute atomic E-state index is 0.146. The second kappa shape index (κ2) is 7.06. The van der Waals surface area contributed by atoms with Gasteiger partial charge in [-0.25, -0.2) is 4.39 Å². The monoisotopic (exact) mass is 303 g/mol. The fraction of sp³-hybridized carbons (Fsp3) is 0.500. The number of hydrogen-bond acceptors (Lipinski definition) is 3. The van der Waals surface area contributed by atoms with Crippen molar-refractivity contribution in [3.63, 3.8) is 0 Å². The van der Waals surface area contributed by atoms with Crippen LogP contribution >= 0.6 is 15.9 Å². The summed E-state index contributed by atoms with van der Waals surface area (Å²) in [4.78, 5) is 2.07. The Morgan fingerprint density at radius 2 is 2.18 bits per heavy atom. The van der Waals surface area contributed by atoms with Crippen LogP contribution in [0.25, 0.3) is 0 Å². The number of nitrogens with two attached hydrogens (primary N) is 1. The van der Waals surface area contributed by atoms with E-state index < -0.39 is 0 Å². The smallest absolute Gasteiger partial charge is 0.128 e. The normalized spacial score (nSPS) is 13.1. The van der Waals surface area contributed by atoms with Crippen molar-refractivity contribution in [2.24, 2.45) is 5.73 Å². The van der Waals surface area contributed by atoms with Crippen LogP contribution in [0.5, 0.6) is 0 Å². The number of hydrogen-bond donors (Lipinski definition) is 2. The van der Waals surface area contributed by atoms with Gasteiger partial charge in [0.2, 0.25) is 0 Å². The molecule has 5 heteroatoms. The van der Waals surface area contributed by atoms with Gasteiger partial charge in [0.15, 0.2) is 0 Å². The zero-order valence-corrected chi connectivity index (χ0v) is 11.8. The zero-order valence-electron chi connectivity index (χ0n) is 10.2. The molecule has 0 aliphatic carbocycles. The van der Waals surface area contributed by atoms with Gasteiger partial charge >= 0.3 is 0 Å². The third-order valence-corrected chi connectivity index (χ3v) is 3.01. The summed E-state index contributed by atoms with van der Waals surface area (Å²) in [5.74, 6) is -0.221. The molecule has 0 aromatic heterocycles. The first kappa shape index (κ1) is 14.6. The summed E-state index contributed by atoms with van der Waals surface area (Å²) in [7, 11) is 4.00. The van der Waals surface area contributed by atoms with E-state index in [1.807, 2.05) is 14.1 Å². The van der Waals surface area contributed by atoms with Crippen LogP contribution in [-0.4, -0.2) is 38.6 Å². The molecule has 0 heterocycles. The molecular formula is C12H19BrFN3. The van der Waals surface area contributed by atoms with Crippen molar-refractivity contribution in [3.05, 3.63) is 34.1 Å². The summed E-state index contributed by atoms with van der Waals surface area (Å²) in [5.41, 5.74) is 6.29. The number of benzene rings is 1. The second-order valence-electron chi connectivity index (χ2n) is 4.21. The summed E-state index contributed by atoms with van der Waals surface area (Å²) in [5, 5.41) is 3.26. The van der Waals surface area contributed by atoms with Gasteiger partial charge in [0, 0.05) is 35.7 Å². The first-order valence-electron chi connectivity index (χ1n) is 5.57. The first-order chi connectivity index (χ1) is 8.04. The van der Waals surface area contributed by atoms with Crippen molar-refractivity contribution in [2.75, 3.05) is 33.7 Å². The van der Waals surface area contributed by atoms with Crippen LogP contribution in [0.1, 0.15) is 11.6 Å². The third-order valence-electron chi connectivity index (χ3n) is 2.52. The summed E-state index contributed by atoms with van der Waals surface area (Å²) in [6.45, 7) is 2.05. The van der Waals surface area contributed by atoms with Gasteiger partial charge in [0.05, 0.1) is 0 Å². The number of nitrogens with zero attached hydrogens (tertiary/aromatic N) is 1. The molecule has 1 unspecified atom stereocenters. The Bertz CT molecular complexity index is 358. The summed E-state index contributed by atoms with van der Waals surface area (Å²) >= 11 is 3.34. The molecular weight excluding hydrogens is 285 g/mol.